The fraction of sp³-hybridized carbons (Fsp3) is 0.697. The molecule has 24 heteroatoms. The van der Waals surface area contributed by atoms with Crippen LogP contribution < -0.4 is 0 Å². The number of aliphatic hydroxyl groups excluding tert-OH is 2. The van der Waals surface area contributed by atoms with Gasteiger partial charge in [0.25, 0.3) is 0 Å². The molecule has 2 bridgehead atoms. The van der Waals surface area contributed by atoms with Crippen LogP contribution in [0, 0.1) is 0 Å². The molecule has 19 nitrogen and oxygen atoms in total. The second kappa shape index (κ2) is 15.4. The molecule has 7 heterocycles. The Hall–Kier alpha value is -2.11. The third-order valence-electron chi connectivity index (χ3n) is 11.6. The topological polar surface area (TPSA) is 227 Å². The maximum Gasteiger partial charge on any atom is 0.472 e. The van der Waals surface area contributed by atoms with E-state index in [1.807, 2.05) is 33.9 Å². The van der Waals surface area contributed by atoms with E-state index >= 15 is 4.39 Å². The molecule has 8 rings (SSSR count). The molecule has 314 valence electrons. The summed E-state index contributed by atoms with van der Waals surface area (Å²) < 4.78 is 76.3. The average Bonchev–Trinajstić information content (AvgIpc) is 3.85. The van der Waals surface area contributed by atoms with E-state index < -0.39 is 91.4 Å². The van der Waals surface area contributed by atoms with Gasteiger partial charge >= 0.3 is 14.5 Å². The summed E-state index contributed by atoms with van der Waals surface area (Å²) in [5, 5.41) is 21.0. The zero-order chi connectivity index (χ0) is 40.7. The quantitative estimate of drug-likeness (QED) is 0.204. The molecule has 1 aliphatic carbocycles. The lowest BCUT2D eigenvalue weighted by atomic mass is 10.1. The van der Waals surface area contributed by atoms with E-state index in [4.69, 9.17) is 43.8 Å². The third-order valence-corrected chi connectivity index (χ3v) is 18.6. The number of β-amino-alcohol motifs (C(OH)–C–C–N with tert-alkyl or cyclic N) is 1. The molecule has 0 spiro atoms. The number of fused-ring (bicyclic) bond motifs is 4. The summed E-state index contributed by atoms with van der Waals surface area (Å²) in [7, 11) is -7.79. The minimum atomic E-state index is -5.08. The zero-order valence-electron chi connectivity index (χ0n) is 32.0. The highest BCUT2D eigenvalue weighted by molar-refractivity contribution is 8.07. The van der Waals surface area contributed by atoms with Crippen LogP contribution in [0.4, 0.5) is 10.2 Å². The van der Waals surface area contributed by atoms with E-state index in [9.17, 15) is 24.6 Å². The lowest BCUT2D eigenvalue weighted by Crippen LogP contribution is -2.50. The first-order chi connectivity index (χ1) is 26.9. The fourth-order valence-electron chi connectivity index (χ4n) is 7.65. The molecule has 0 saturated carbocycles. The molecule has 3 aromatic heterocycles. The number of halogens is 1. The van der Waals surface area contributed by atoms with Gasteiger partial charge in [-0.2, -0.15) is 0 Å². The van der Waals surface area contributed by atoms with Gasteiger partial charge in [0.1, 0.15) is 48.2 Å². The van der Waals surface area contributed by atoms with E-state index in [1.54, 1.807) is 6.20 Å². The Bertz CT molecular complexity index is 2120. The van der Waals surface area contributed by atoms with Crippen molar-refractivity contribution in [3.63, 3.8) is 0 Å². The number of hydrogen-bond acceptors (Lipinski definition) is 16. The molecule has 0 aromatic carbocycles. The first-order valence-electron chi connectivity index (χ1n) is 18.8. The summed E-state index contributed by atoms with van der Waals surface area (Å²) in [6.07, 6.45) is -3.22. The van der Waals surface area contributed by atoms with Gasteiger partial charge in [0.2, 0.25) is 0 Å². The molecule has 0 radical (unpaired) electrons. The van der Waals surface area contributed by atoms with Gasteiger partial charge in [0.05, 0.1) is 38.2 Å². The Morgan fingerprint density at radius 1 is 1.02 bits per heavy atom. The van der Waals surface area contributed by atoms with Crippen molar-refractivity contribution in [3.05, 3.63) is 35.8 Å². The van der Waals surface area contributed by atoms with Gasteiger partial charge < -0.3 is 47.9 Å². The van der Waals surface area contributed by atoms with Crippen LogP contribution in [0.25, 0.3) is 11.0 Å². The number of aliphatic hydroxyl groups is 2. The van der Waals surface area contributed by atoms with Gasteiger partial charge in [-0.05, 0) is 61.2 Å². The van der Waals surface area contributed by atoms with Crippen LogP contribution in [0.2, 0.25) is 18.1 Å². The van der Waals surface area contributed by atoms with Crippen molar-refractivity contribution in [3.8, 4) is 0 Å². The highest BCUT2D eigenvalue weighted by Crippen LogP contribution is 2.56. The maximum absolute atomic E-state index is 16.7. The van der Waals surface area contributed by atoms with Gasteiger partial charge in [-0.1, -0.05) is 20.8 Å². The predicted molar refractivity (Wildman–Crippen MR) is 206 cm³/mol. The smallest absolute Gasteiger partial charge is 0.408 e. The molecule has 3 fully saturated rings. The second-order valence-electron chi connectivity index (χ2n) is 16.3. The Kier molecular flexibility index (Phi) is 11.3. The molecule has 3 unspecified atom stereocenters. The van der Waals surface area contributed by atoms with Gasteiger partial charge in [-0.25, -0.2) is 28.9 Å². The predicted octanol–water partition coefficient (Wildman–Crippen LogP) is 3.82. The average molecular weight is 876 g/mol. The van der Waals surface area contributed by atoms with Crippen molar-refractivity contribution >= 4 is 57.9 Å². The normalized spacial score (nSPS) is 36.3. The lowest BCUT2D eigenvalue weighted by molar-refractivity contribution is -0.0640. The van der Waals surface area contributed by atoms with Gasteiger partial charge in [0, 0.05) is 18.1 Å². The summed E-state index contributed by atoms with van der Waals surface area (Å²) >= 11 is 5.58. The molecule has 4 aliphatic heterocycles. The van der Waals surface area contributed by atoms with Crippen LogP contribution in [0.1, 0.15) is 69.2 Å². The van der Waals surface area contributed by atoms with Crippen molar-refractivity contribution in [2.24, 2.45) is 4.99 Å². The maximum atomic E-state index is 16.7. The molecular weight excluding hydrogens is 827 g/mol. The first kappa shape index (κ1) is 41.6. The summed E-state index contributed by atoms with van der Waals surface area (Å²) in [6.45, 7) is 4.36. The number of phosphoric acid groups is 1. The number of ether oxygens (including phenoxy) is 2. The minimum Gasteiger partial charge on any atom is -0.408 e. The Labute approximate surface area is 334 Å². The highest BCUT2D eigenvalue weighted by Gasteiger charge is 2.56. The molecule has 5 aliphatic rings. The van der Waals surface area contributed by atoms with Crippen molar-refractivity contribution < 1.29 is 61.0 Å². The third kappa shape index (κ3) is 7.86. The summed E-state index contributed by atoms with van der Waals surface area (Å²) in [4.78, 5) is 42.0. The molecular formula is C33H48FN7O12P2SSi. The van der Waals surface area contributed by atoms with Crippen LogP contribution in [0.15, 0.2) is 23.8 Å². The summed E-state index contributed by atoms with van der Waals surface area (Å²) in [6, 6.07) is 0. The number of nitrogens with zero attached hydrogens (tertiary/aromatic N) is 7. The monoisotopic (exact) mass is 875 g/mol. The molecule has 3 saturated heterocycles. The van der Waals surface area contributed by atoms with E-state index in [0.29, 0.717) is 5.65 Å². The number of imidazole rings is 1. The number of alkyl halides is 1. The minimum absolute atomic E-state index is 0.0897. The van der Waals surface area contributed by atoms with Gasteiger partial charge in [-0.3, -0.25) is 18.1 Å². The zero-order valence-corrected chi connectivity index (χ0v) is 35.6. The van der Waals surface area contributed by atoms with Crippen molar-refractivity contribution in [2.75, 3.05) is 26.4 Å². The van der Waals surface area contributed by atoms with E-state index in [1.165, 1.54) is 33.0 Å². The standard InChI is InChI=1S/C33H48FN7O12P2SSi/c1-33(2,3)57(4,5)53-26-21-13-47-54(44,45)51-25-20(49-31(23(25)34)40-12-18-8-6-7-9-19-22(18)28(40)36-15-35-19)14-48-55(46,56)52-27(26)32(50-21)41-17-37-24-29(41)38-16-39(10-11-42)30(24)43/h12,15-17,20-21,23,25-27,30-32,42-43H,6-11,13-14H2,1-5H3,(H,44,45)(H,46,56)/t20-,21-,23-,25-,26-,27-,30?,31-,32-,55?/m1/s1. The molecule has 4 N–H and O–H groups in total. The largest absolute Gasteiger partial charge is 0.472 e. The van der Waals surface area contributed by atoms with E-state index in [2.05, 4.69) is 19.9 Å². The molecule has 11 atom stereocenters. The molecule has 0 amide bonds. The Morgan fingerprint density at radius 2 is 1.75 bits per heavy atom. The van der Waals surface area contributed by atoms with Crippen molar-refractivity contribution in [1.29, 1.82) is 0 Å². The van der Waals surface area contributed by atoms with Crippen molar-refractivity contribution in [1.82, 2.24) is 29.0 Å². The van der Waals surface area contributed by atoms with E-state index in [-0.39, 0.29) is 29.7 Å². The molecule has 3 aromatic rings. The first-order valence-corrected chi connectivity index (χ1v) is 25.8. The van der Waals surface area contributed by atoms with Crippen LogP contribution in [-0.4, -0.2) is 127 Å². The number of aromatic nitrogens is 5. The van der Waals surface area contributed by atoms with Crippen LogP contribution in [-0.2, 0) is 61.2 Å². The second-order valence-corrected chi connectivity index (χ2v) is 25.3. The van der Waals surface area contributed by atoms with Crippen molar-refractivity contribution in [2.45, 2.75) is 120 Å². The van der Waals surface area contributed by atoms with Gasteiger partial charge in [-0.15, -0.1) is 0 Å². The SMILES string of the molecule is CC(C)(C)[Si](C)(C)O[C@H]1[C@H]2OP(O)(=S)OC[C@H]3O[C@@H](n4cc5c6c(ncnc64)CCCC5)[C@H](F)[C@@H]3OP(=O)(O)OC[C@H]1O[C@H]2n1cnc2c1N=CN(CCO)C2O. The number of hydrogen-bond donors (Lipinski definition) is 4. The van der Waals surface area contributed by atoms with Crippen LogP contribution >= 0.6 is 14.5 Å². The highest BCUT2D eigenvalue weighted by atomic mass is 32.5. The molecule has 57 heavy (non-hydrogen) atoms. The number of rotatable bonds is 6. The number of aryl methyl sites for hydroxylation is 2. The Balaban J connectivity index is 1.14. The fourth-order valence-corrected chi connectivity index (χ4v) is 11.3. The lowest BCUT2D eigenvalue weighted by Gasteiger charge is -2.40. The Morgan fingerprint density at radius 3 is 2.51 bits per heavy atom. The summed E-state index contributed by atoms with van der Waals surface area (Å²) in [5.74, 6) is 0.179. The number of aliphatic imine (C=N–C) groups is 1. The van der Waals surface area contributed by atoms with Crippen LogP contribution in [0.5, 0.6) is 0 Å². The van der Waals surface area contributed by atoms with Crippen LogP contribution in [0.3, 0.4) is 0 Å². The van der Waals surface area contributed by atoms with E-state index in [0.717, 1.165) is 42.3 Å². The number of phosphoric ester groups is 1. The summed E-state index contributed by atoms with van der Waals surface area (Å²) in [5.41, 5.74) is 2.39. The van der Waals surface area contributed by atoms with Gasteiger partial charge in [0.15, 0.2) is 39.0 Å².